The lowest BCUT2D eigenvalue weighted by Crippen LogP contribution is -2.26. The molecule has 0 saturated heterocycles. The molecule has 0 bridgehead atoms. The maximum Gasteiger partial charge on any atom is 0.341 e. The van der Waals surface area contributed by atoms with E-state index in [1.807, 2.05) is 13.8 Å². The van der Waals surface area contributed by atoms with Crippen molar-refractivity contribution in [2.24, 2.45) is 11.3 Å². The molecule has 0 unspecified atom stereocenters. The number of carbonyl (C=O) groups excluding carboxylic acids is 1. The Labute approximate surface area is 133 Å². The van der Waals surface area contributed by atoms with Gasteiger partial charge in [-0.25, -0.2) is 14.8 Å². The fourth-order valence-corrected chi connectivity index (χ4v) is 3.54. The third-order valence-electron chi connectivity index (χ3n) is 4.99. The summed E-state index contributed by atoms with van der Waals surface area (Å²) in [5.41, 5.74) is 2.35. The van der Waals surface area contributed by atoms with Crippen molar-refractivity contribution >= 4 is 5.97 Å². The molecule has 0 atom stereocenters. The molecule has 0 amide bonds. The summed E-state index contributed by atoms with van der Waals surface area (Å²) in [6, 6.07) is 0. The van der Waals surface area contributed by atoms with Gasteiger partial charge in [-0.3, -0.25) is 0 Å². The van der Waals surface area contributed by atoms with Crippen LogP contribution in [0.15, 0.2) is 0 Å². The van der Waals surface area contributed by atoms with Crippen molar-refractivity contribution in [2.45, 2.75) is 66.2 Å². The number of hydrogen-bond acceptors (Lipinski definition) is 4. The first-order valence-corrected chi connectivity index (χ1v) is 8.17. The summed E-state index contributed by atoms with van der Waals surface area (Å²) >= 11 is 0. The van der Waals surface area contributed by atoms with Crippen LogP contribution in [0.5, 0.6) is 0 Å². The number of aryl methyl sites for hydroxylation is 2. The molecular weight excluding hydrogens is 276 g/mol. The lowest BCUT2D eigenvalue weighted by atomic mass is 9.69. The average Bonchev–Trinajstić information content (AvgIpc) is 2.45. The summed E-state index contributed by atoms with van der Waals surface area (Å²) in [6.07, 6.45) is 4.74. The summed E-state index contributed by atoms with van der Waals surface area (Å²) in [7, 11) is 1.39. The van der Waals surface area contributed by atoms with Gasteiger partial charge in [-0.15, -0.1) is 0 Å². The third kappa shape index (κ3) is 3.47. The fraction of sp³-hybridized carbons (Fsp3) is 0.722. The lowest BCUT2D eigenvalue weighted by molar-refractivity contribution is 0.0597. The van der Waals surface area contributed by atoms with E-state index in [1.165, 1.54) is 20.0 Å². The van der Waals surface area contributed by atoms with Gasteiger partial charge < -0.3 is 4.74 Å². The van der Waals surface area contributed by atoms with Crippen molar-refractivity contribution in [1.82, 2.24) is 9.97 Å². The Morgan fingerprint density at radius 3 is 1.95 bits per heavy atom. The van der Waals surface area contributed by atoms with Gasteiger partial charge >= 0.3 is 5.97 Å². The van der Waals surface area contributed by atoms with E-state index >= 15 is 0 Å². The Morgan fingerprint density at radius 2 is 1.55 bits per heavy atom. The summed E-state index contributed by atoms with van der Waals surface area (Å²) in [4.78, 5) is 21.0. The van der Waals surface area contributed by atoms with E-state index in [0.29, 0.717) is 16.9 Å². The van der Waals surface area contributed by atoms with Gasteiger partial charge in [0, 0.05) is 5.92 Å². The molecule has 1 heterocycles. The number of hydrogen-bond donors (Lipinski definition) is 0. The van der Waals surface area contributed by atoms with Crippen LogP contribution in [0.1, 0.15) is 79.9 Å². The highest BCUT2D eigenvalue weighted by Crippen LogP contribution is 2.42. The maximum atomic E-state index is 11.8. The first-order valence-electron chi connectivity index (χ1n) is 8.17. The van der Waals surface area contributed by atoms with Crippen LogP contribution in [-0.4, -0.2) is 23.0 Å². The summed E-state index contributed by atoms with van der Waals surface area (Å²) in [5.74, 6) is 1.75. The predicted octanol–water partition coefficient (Wildman–Crippen LogP) is 4.20. The number of esters is 1. The standard InChI is InChI=1S/C18H28N2O2/c1-11-15(17(21)22-6)12(2)20-16(19-11)13-7-9-14(10-8-13)18(3,4)5/h13-14H,7-10H2,1-6H3/t13-,14+. The smallest absolute Gasteiger partial charge is 0.341 e. The van der Waals surface area contributed by atoms with Crippen LogP contribution in [0.4, 0.5) is 0 Å². The van der Waals surface area contributed by atoms with Crippen LogP contribution in [-0.2, 0) is 4.74 Å². The highest BCUT2D eigenvalue weighted by atomic mass is 16.5. The first kappa shape index (κ1) is 16.9. The van der Waals surface area contributed by atoms with Crippen molar-refractivity contribution in [3.63, 3.8) is 0 Å². The molecule has 2 rings (SSSR count). The zero-order valence-electron chi connectivity index (χ0n) is 14.7. The van der Waals surface area contributed by atoms with E-state index < -0.39 is 0 Å². The van der Waals surface area contributed by atoms with E-state index in [0.717, 1.165) is 36.0 Å². The average molecular weight is 304 g/mol. The summed E-state index contributed by atoms with van der Waals surface area (Å²) in [5, 5.41) is 0. The van der Waals surface area contributed by atoms with Crippen molar-refractivity contribution in [3.8, 4) is 0 Å². The predicted molar refractivity (Wildman–Crippen MR) is 87.0 cm³/mol. The van der Waals surface area contributed by atoms with Crippen molar-refractivity contribution in [3.05, 3.63) is 22.8 Å². The molecule has 1 fully saturated rings. The van der Waals surface area contributed by atoms with Gasteiger partial charge in [0.05, 0.1) is 18.5 Å². The van der Waals surface area contributed by atoms with Crippen molar-refractivity contribution in [2.75, 3.05) is 7.11 Å². The maximum absolute atomic E-state index is 11.8. The highest BCUT2D eigenvalue weighted by Gasteiger charge is 2.31. The second kappa shape index (κ2) is 6.35. The Balaban J connectivity index is 2.17. The molecule has 0 aliphatic heterocycles. The summed E-state index contributed by atoms with van der Waals surface area (Å²) in [6.45, 7) is 10.7. The molecule has 0 aromatic carbocycles. The van der Waals surface area contributed by atoms with Gasteiger partial charge in [0.25, 0.3) is 0 Å². The first-order chi connectivity index (χ1) is 10.2. The molecule has 4 heteroatoms. The van der Waals surface area contributed by atoms with Crippen LogP contribution >= 0.6 is 0 Å². The van der Waals surface area contributed by atoms with Gasteiger partial charge in [-0.2, -0.15) is 0 Å². The third-order valence-corrected chi connectivity index (χ3v) is 4.99. The minimum absolute atomic E-state index is 0.349. The molecular formula is C18H28N2O2. The molecule has 0 radical (unpaired) electrons. The minimum Gasteiger partial charge on any atom is -0.465 e. The highest BCUT2D eigenvalue weighted by molar-refractivity contribution is 5.91. The van der Waals surface area contributed by atoms with Crippen molar-refractivity contribution < 1.29 is 9.53 Å². The molecule has 1 aromatic rings. The Bertz CT molecular complexity index is 530. The SMILES string of the molecule is COC(=O)c1c(C)nc([C@H]2CC[C@@H](C(C)(C)C)CC2)nc1C. The van der Waals surface area contributed by atoms with Gasteiger partial charge in [-0.1, -0.05) is 20.8 Å². The molecule has 1 aromatic heterocycles. The van der Waals surface area contributed by atoms with Gasteiger partial charge in [0.1, 0.15) is 11.4 Å². The van der Waals surface area contributed by atoms with E-state index in [-0.39, 0.29) is 5.97 Å². The molecule has 1 aliphatic rings. The molecule has 0 N–H and O–H groups in total. The minimum atomic E-state index is -0.349. The van der Waals surface area contributed by atoms with Crippen molar-refractivity contribution in [1.29, 1.82) is 0 Å². The number of carbonyl (C=O) groups is 1. The monoisotopic (exact) mass is 304 g/mol. The van der Waals surface area contributed by atoms with E-state index in [9.17, 15) is 4.79 Å². The summed E-state index contributed by atoms with van der Waals surface area (Å²) < 4.78 is 4.82. The number of aromatic nitrogens is 2. The quantitative estimate of drug-likeness (QED) is 0.768. The molecule has 122 valence electrons. The van der Waals surface area contributed by atoms with Gasteiger partial charge in [0.2, 0.25) is 0 Å². The van der Waals surface area contributed by atoms with Crippen LogP contribution in [0.3, 0.4) is 0 Å². The van der Waals surface area contributed by atoms with Crippen LogP contribution in [0.25, 0.3) is 0 Å². The normalized spacial score (nSPS) is 22.5. The van der Waals surface area contributed by atoms with E-state index in [2.05, 4.69) is 30.7 Å². The fourth-order valence-electron chi connectivity index (χ4n) is 3.54. The molecule has 4 nitrogen and oxygen atoms in total. The van der Waals surface area contributed by atoms with Crippen LogP contribution < -0.4 is 0 Å². The second-order valence-corrected chi connectivity index (χ2v) is 7.53. The van der Waals surface area contributed by atoms with E-state index in [1.54, 1.807) is 0 Å². The van der Waals surface area contributed by atoms with Crippen LogP contribution in [0, 0.1) is 25.2 Å². The number of nitrogens with zero attached hydrogens (tertiary/aromatic N) is 2. The van der Waals surface area contributed by atoms with Gasteiger partial charge in [-0.05, 0) is 50.9 Å². The van der Waals surface area contributed by atoms with E-state index in [4.69, 9.17) is 4.74 Å². The topological polar surface area (TPSA) is 52.1 Å². The largest absolute Gasteiger partial charge is 0.465 e. The molecule has 1 aliphatic carbocycles. The number of rotatable bonds is 2. The Morgan fingerprint density at radius 1 is 1.05 bits per heavy atom. The zero-order chi connectivity index (χ0) is 16.5. The number of ether oxygens (including phenoxy) is 1. The molecule has 22 heavy (non-hydrogen) atoms. The van der Waals surface area contributed by atoms with Crippen LogP contribution in [0.2, 0.25) is 0 Å². The second-order valence-electron chi connectivity index (χ2n) is 7.53. The zero-order valence-corrected chi connectivity index (χ0v) is 14.7. The Hall–Kier alpha value is -1.45. The lowest BCUT2D eigenvalue weighted by Gasteiger charge is -2.36. The van der Waals surface area contributed by atoms with Gasteiger partial charge in [0.15, 0.2) is 0 Å². The number of methoxy groups -OCH3 is 1. The molecule has 1 saturated carbocycles. The Kier molecular flexibility index (Phi) is 4.88. The molecule has 0 spiro atoms.